The predicted molar refractivity (Wildman–Crippen MR) is 129 cm³/mol. The lowest BCUT2D eigenvalue weighted by molar-refractivity contribution is 0.211. The summed E-state index contributed by atoms with van der Waals surface area (Å²) >= 11 is 0. The van der Waals surface area contributed by atoms with Crippen molar-refractivity contribution >= 4 is 18.2 Å². The van der Waals surface area contributed by atoms with Crippen LogP contribution in [0.1, 0.15) is 67.1 Å². The molecule has 0 bridgehead atoms. The van der Waals surface area contributed by atoms with Gasteiger partial charge in [-0.25, -0.2) is 9.37 Å². The molecule has 5 rings (SSSR count). The summed E-state index contributed by atoms with van der Waals surface area (Å²) < 4.78 is 20.8. The van der Waals surface area contributed by atoms with Gasteiger partial charge in [0.1, 0.15) is 18.9 Å². The molecule has 0 spiro atoms. The van der Waals surface area contributed by atoms with E-state index in [2.05, 4.69) is 17.0 Å². The maximum absolute atomic E-state index is 13.4. The minimum absolute atomic E-state index is 0.175. The SMILES string of the molecule is CCBC1CCCn2c1nc(C)c(CCN1CCC(c3noc4cc(F)ccc34)CC1)c2=O. The molecule has 8 heteroatoms. The summed E-state index contributed by atoms with van der Waals surface area (Å²) in [4.78, 5) is 20.6. The fraction of sp³-hybridized carbons (Fsp3) is 0.560. The van der Waals surface area contributed by atoms with Gasteiger partial charge in [-0.1, -0.05) is 18.4 Å². The van der Waals surface area contributed by atoms with Gasteiger partial charge >= 0.3 is 0 Å². The highest BCUT2D eigenvalue weighted by atomic mass is 19.1. The molecule has 0 radical (unpaired) electrons. The third kappa shape index (κ3) is 4.37. The Balaban J connectivity index is 1.24. The maximum Gasteiger partial charge on any atom is 0.256 e. The lowest BCUT2D eigenvalue weighted by atomic mass is 9.59. The van der Waals surface area contributed by atoms with Crippen molar-refractivity contribution in [3.63, 3.8) is 0 Å². The monoisotopic (exact) mass is 450 g/mol. The van der Waals surface area contributed by atoms with Crippen molar-refractivity contribution in [2.75, 3.05) is 19.6 Å². The molecule has 2 aliphatic rings. The molecule has 0 saturated carbocycles. The zero-order valence-electron chi connectivity index (χ0n) is 19.6. The van der Waals surface area contributed by atoms with E-state index in [1.54, 1.807) is 6.07 Å². The van der Waals surface area contributed by atoms with Gasteiger partial charge in [0.15, 0.2) is 5.58 Å². The van der Waals surface area contributed by atoms with Crippen LogP contribution >= 0.6 is 0 Å². The molecule has 2 aliphatic heterocycles. The summed E-state index contributed by atoms with van der Waals surface area (Å²) in [6, 6.07) is 4.64. The highest BCUT2D eigenvalue weighted by Crippen LogP contribution is 2.33. The van der Waals surface area contributed by atoms with Gasteiger partial charge in [0.25, 0.3) is 5.56 Å². The van der Waals surface area contributed by atoms with E-state index in [9.17, 15) is 9.18 Å². The van der Waals surface area contributed by atoms with E-state index in [4.69, 9.17) is 9.51 Å². The Kier molecular flexibility index (Phi) is 6.37. The minimum Gasteiger partial charge on any atom is -0.356 e. The summed E-state index contributed by atoms with van der Waals surface area (Å²) in [6.07, 6.45) is 6.05. The number of rotatable bonds is 6. The van der Waals surface area contributed by atoms with E-state index >= 15 is 0 Å². The van der Waals surface area contributed by atoms with Crippen LogP contribution in [0.25, 0.3) is 11.0 Å². The third-order valence-corrected chi connectivity index (χ3v) is 7.55. The Bertz CT molecular complexity index is 1200. The fourth-order valence-electron chi connectivity index (χ4n) is 5.71. The van der Waals surface area contributed by atoms with Crippen molar-refractivity contribution in [2.24, 2.45) is 0 Å². The average molecular weight is 450 g/mol. The number of fused-ring (bicyclic) bond motifs is 2. The van der Waals surface area contributed by atoms with Crippen molar-refractivity contribution in [1.82, 2.24) is 19.6 Å². The van der Waals surface area contributed by atoms with Crippen molar-refractivity contribution in [1.29, 1.82) is 0 Å². The summed E-state index contributed by atoms with van der Waals surface area (Å²) in [6.45, 7) is 7.78. The van der Waals surface area contributed by atoms with Crippen LogP contribution in [0.2, 0.25) is 6.32 Å². The first-order valence-corrected chi connectivity index (χ1v) is 12.4. The van der Waals surface area contributed by atoms with Gasteiger partial charge in [0, 0.05) is 41.7 Å². The van der Waals surface area contributed by atoms with E-state index < -0.39 is 0 Å². The molecule has 6 nitrogen and oxygen atoms in total. The van der Waals surface area contributed by atoms with Gasteiger partial charge in [0.05, 0.1) is 5.69 Å². The molecular formula is C25H32BFN4O2. The molecule has 1 aromatic carbocycles. The molecule has 0 amide bonds. The molecule has 1 fully saturated rings. The normalized spacial score (nSPS) is 19.7. The number of hydrogen-bond acceptors (Lipinski definition) is 5. The lowest BCUT2D eigenvalue weighted by Crippen LogP contribution is -2.38. The van der Waals surface area contributed by atoms with Crippen molar-refractivity contribution < 1.29 is 8.91 Å². The van der Waals surface area contributed by atoms with Crippen LogP contribution in [0.4, 0.5) is 4.39 Å². The van der Waals surface area contributed by atoms with Crippen LogP contribution in [0.15, 0.2) is 27.5 Å². The number of aryl methyl sites for hydroxylation is 1. The van der Waals surface area contributed by atoms with Gasteiger partial charge in [-0.2, -0.15) is 0 Å². The molecule has 0 N–H and O–H groups in total. The van der Waals surface area contributed by atoms with Crippen LogP contribution in [0.5, 0.6) is 0 Å². The van der Waals surface area contributed by atoms with E-state index in [1.165, 1.54) is 12.1 Å². The lowest BCUT2D eigenvalue weighted by Gasteiger charge is -2.31. The molecule has 3 aromatic rings. The van der Waals surface area contributed by atoms with Crippen LogP contribution in [0, 0.1) is 12.7 Å². The first-order valence-electron chi connectivity index (χ1n) is 12.4. The number of hydrogen-bond donors (Lipinski definition) is 0. The maximum atomic E-state index is 13.4. The fourth-order valence-corrected chi connectivity index (χ4v) is 5.71. The first kappa shape index (κ1) is 22.3. The second-order valence-electron chi connectivity index (χ2n) is 9.69. The summed E-state index contributed by atoms with van der Waals surface area (Å²) in [5.74, 6) is 1.45. The number of likely N-dealkylation sites (tertiary alicyclic amines) is 1. The number of nitrogens with zero attached hydrogens (tertiary/aromatic N) is 4. The average Bonchev–Trinajstić information content (AvgIpc) is 3.23. The Labute approximate surface area is 194 Å². The van der Waals surface area contributed by atoms with Gasteiger partial charge < -0.3 is 9.42 Å². The molecular weight excluding hydrogens is 418 g/mol. The van der Waals surface area contributed by atoms with E-state index in [0.29, 0.717) is 17.3 Å². The molecule has 1 atom stereocenters. The quantitative estimate of drug-likeness (QED) is 0.532. The first-order chi connectivity index (χ1) is 16.0. The van der Waals surface area contributed by atoms with Gasteiger partial charge in [-0.3, -0.25) is 9.36 Å². The Morgan fingerprint density at radius 1 is 1.21 bits per heavy atom. The standard InChI is InChI=1S/C25H32BFN4O2/c1-3-26-21-5-4-11-31-24(21)28-16(2)19(25(31)32)10-14-30-12-8-17(9-13-30)23-20-7-6-18(27)15-22(20)33-29-23/h6-7,15,17,21,26H,3-5,8-14H2,1-2H3. The number of benzene rings is 1. The zero-order valence-corrected chi connectivity index (χ0v) is 19.6. The molecule has 1 unspecified atom stereocenters. The molecule has 33 heavy (non-hydrogen) atoms. The highest BCUT2D eigenvalue weighted by molar-refractivity contribution is 6.37. The largest absolute Gasteiger partial charge is 0.356 e. The smallest absolute Gasteiger partial charge is 0.256 e. The van der Waals surface area contributed by atoms with Crippen LogP contribution in [-0.4, -0.2) is 46.5 Å². The molecule has 2 aromatic heterocycles. The van der Waals surface area contributed by atoms with E-state index in [0.717, 1.165) is 100 Å². The number of aromatic nitrogens is 3. The topological polar surface area (TPSA) is 64.2 Å². The predicted octanol–water partition coefficient (Wildman–Crippen LogP) is 3.96. The Morgan fingerprint density at radius 3 is 2.82 bits per heavy atom. The molecule has 1 saturated heterocycles. The molecule has 0 aliphatic carbocycles. The van der Waals surface area contributed by atoms with Crippen LogP contribution in [0.3, 0.4) is 0 Å². The molecule has 4 heterocycles. The Hall–Kier alpha value is -2.48. The second-order valence-corrected chi connectivity index (χ2v) is 9.69. The summed E-state index contributed by atoms with van der Waals surface area (Å²) in [5, 5.41) is 5.17. The van der Waals surface area contributed by atoms with E-state index in [-0.39, 0.29) is 11.4 Å². The highest BCUT2D eigenvalue weighted by Gasteiger charge is 2.27. The van der Waals surface area contributed by atoms with Gasteiger partial charge in [-0.05, 0) is 70.1 Å². The zero-order chi connectivity index (χ0) is 22.9. The van der Waals surface area contributed by atoms with Crippen molar-refractivity contribution in [2.45, 2.75) is 70.6 Å². The van der Waals surface area contributed by atoms with Crippen molar-refractivity contribution in [3.8, 4) is 0 Å². The summed E-state index contributed by atoms with van der Waals surface area (Å²) in [7, 11) is 1.11. The van der Waals surface area contributed by atoms with E-state index in [1.807, 2.05) is 11.5 Å². The van der Waals surface area contributed by atoms with Crippen LogP contribution < -0.4 is 5.56 Å². The number of piperidine rings is 1. The van der Waals surface area contributed by atoms with Crippen molar-refractivity contribution in [3.05, 3.63) is 57.1 Å². The minimum atomic E-state index is -0.302. The second kappa shape index (κ2) is 9.41. The van der Waals surface area contributed by atoms with Gasteiger partial charge in [-0.15, -0.1) is 0 Å². The third-order valence-electron chi connectivity index (χ3n) is 7.55. The van der Waals surface area contributed by atoms with Crippen LogP contribution in [-0.2, 0) is 13.0 Å². The molecule has 174 valence electrons. The Morgan fingerprint density at radius 2 is 2.03 bits per heavy atom. The van der Waals surface area contributed by atoms with Gasteiger partial charge in [0.2, 0.25) is 0 Å². The summed E-state index contributed by atoms with van der Waals surface area (Å²) in [5.41, 5.74) is 3.42. The number of halogens is 1.